The van der Waals surface area contributed by atoms with Gasteiger partial charge >= 0.3 is 6.03 Å². The second kappa shape index (κ2) is 6.41. The molecule has 3 N–H and O–H groups in total. The summed E-state index contributed by atoms with van der Waals surface area (Å²) in [6.45, 7) is 1.54. The maximum Gasteiger partial charge on any atom is 0.321 e. The number of aliphatic hydroxyl groups is 1. The number of imide groups is 1. The number of hydrogen-bond acceptors (Lipinski definition) is 5. The van der Waals surface area contributed by atoms with Crippen molar-refractivity contribution in [2.45, 2.75) is 6.04 Å². The van der Waals surface area contributed by atoms with Crippen LogP contribution in [0.3, 0.4) is 0 Å². The minimum Gasteiger partial charge on any atom is -0.395 e. The highest BCUT2D eigenvalue weighted by atomic mass is 16.5. The predicted molar refractivity (Wildman–Crippen MR) is 55.9 cm³/mol. The summed E-state index contributed by atoms with van der Waals surface area (Å²) in [6.07, 6.45) is 0. The van der Waals surface area contributed by atoms with Gasteiger partial charge in [0.05, 0.1) is 32.4 Å². The Morgan fingerprint density at radius 1 is 1.56 bits per heavy atom. The van der Waals surface area contributed by atoms with Gasteiger partial charge in [-0.25, -0.2) is 4.79 Å². The SMILES string of the molecule is CNC(=O)NC(=O)CN1CCOCC1CO. The van der Waals surface area contributed by atoms with Gasteiger partial charge in [-0.1, -0.05) is 0 Å². The van der Waals surface area contributed by atoms with E-state index in [-0.39, 0.29) is 25.1 Å². The highest BCUT2D eigenvalue weighted by molar-refractivity contribution is 5.95. The van der Waals surface area contributed by atoms with Crippen molar-refractivity contribution < 1.29 is 19.4 Å². The van der Waals surface area contributed by atoms with E-state index in [1.54, 1.807) is 4.90 Å². The Balaban J connectivity index is 2.39. The van der Waals surface area contributed by atoms with Gasteiger partial charge in [-0.2, -0.15) is 0 Å². The molecular weight excluding hydrogens is 214 g/mol. The minimum atomic E-state index is -0.529. The van der Waals surface area contributed by atoms with Crippen molar-refractivity contribution in [2.24, 2.45) is 0 Å². The number of urea groups is 1. The lowest BCUT2D eigenvalue weighted by atomic mass is 10.2. The van der Waals surface area contributed by atoms with Crippen molar-refractivity contribution in [2.75, 3.05) is 40.0 Å². The number of morpholine rings is 1. The maximum absolute atomic E-state index is 11.4. The lowest BCUT2D eigenvalue weighted by Crippen LogP contribution is -2.52. The summed E-state index contributed by atoms with van der Waals surface area (Å²) in [6, 6.07) is -0.706. The number of aliphatic hydroxyl groups excluding tert-OH is 1. The Morgan fingerprint density at radius 2 is 2.31 bits per heavy atom. The molecule has 0 aliphatic carbocycles. The van der Waals surface area contributed by atoms with Gasteiger partial charge in [-0.3, -0.25) is 15.0 Å². The summed E-state index contributed by atoms with van der Waals surface area (Å²) in [7, 11) is 1.44. The Morgan fingerprint density at radius 3 is 2.94 bits per heavy atom. The number of ether oxygens (including phenoxy) is 1. The van der Waals surface area contributed by atoms with E-state index in [0.29, 0.717) is 19.8 Å². The van der Waals surface area contributed by atoms with Crippen molar-refractivity contribution in [1.82, 2.24) is 15.5 Å². The van der Waals surface area contributed by atoms with E-state index in [1.807, 2.05) is 0 Å². The molecule has 0 bridgehead atoms. The fourth-order valence-electron chi connectivity index (χ4n) is 1.48. The van der Waals surface area contributed by atoms with Crippen LogP contribution < -0.4 is 10.6 Å². The first-order valence-corrected chi connectivity index (χ1v) is 5.11. The third kappa shape index (κ3) is 3.76. The molecule has 1 heterocycles. The number of nitrogens with one attached hydrogen (secondary N) is 2. The van der Waals surface area contributed by atoms with Gasteiger partial charge in [0.15, 0.2) is 0 Å². The number of carbonyl (C=O) groups is 2. The van der Waals surface area contributed by atoms with Gasteiger partial charge in [0.25, 0.3) is 0 Å². The van der Waals surface area contributed by atoms with Crippen molar-refractivity contribution in [3.63, 3.8) is 0 Å². The van der Waals surface area contributed by atoms with Crippen LogP contribution in [0.2, 0.25) is 0 Å². The fourth-order valence-corrected chi connectivity index (χ4v) is 1.48. The summed E-state index contributed by atoms with van der Waals surface area (Å²) < 4.78 is 5.17. The molecule has 16 heavy (non-hydrogen) atoms. The zero-order valence-electron chi connectivity index (χ0n) is 9.23. The summed E-state index contributed by atoms with van der Waals surface area (Å²) in [5, 5.41) is 13.5. The Labute approximate surface area is 93.7 Å². The average Bonchev–Trinajstić information content (AvgIpc) is 2.29. The van der Waals surface area contributed by atoms with E-state index in [2.05, 4.69) is 10.6 Å². The summed E-state index contributed by atoms with van der Waals surface area (Å²) in [5.74, 6) is -0.389. The van der Waals surface area contributed by atoms with E-state index in [4.69, 9.17) is 9.84 Å². The van der Waals surface area contributed by atoms with Gasteiger partial charge in [-0.05, 0) is 0 Å². The molecule has 1 fully saturated rings. The number of carbonyl (C=O) groups excluding carboxylic acids is 2. The third-order valence-corrected chi connectivity index (χ3v) is 2.39. The molecule has 1 unspecified atom stereocenters. The van der Waals surface area contributed by atoms with Crippen LogP contribution in [0.15, 0.2) is 0 Å². The lowest BCUT2D eigenvalue weighted by Gasteiger charge is -2.33. The molecule has 92 valence electrons. The van der Waals surface area contributed by atoms with Crippen LogP contribution in [0.4, 0.5) is 4.79 Å². The second-order valence-corrected chi connectivity index (χ2v) is 3.51. The van der Waals surface area contributed by atoms with Crippen LogP contribution >= 0.6 is 0 Å². The first-order valence-electron chi connectivity index (χ1n) is 5.11. The van der Waals surface area contributed by atoms with E-state index < -0.39 is 6.03 Å². The molecule has 0 aromatic rings. The standard InChI is InChI=1S/C9H17N3O4/c1-10-9(15)11-8(14)4-12-2-3-16-6-7(12)5-13/h7,13H,2-6H2,1H3,(H2,10,11,14,15). The zero-order chi connectivity index (χ0) is 12.0. The quantitative estimate of drug-likeness (QED) is 0.529. The summed E-state index contributed by atoms with van der Waals surface area (Å²) in [4.78, 5) is 24.1. The lowest BCUT2D eigenvalue weighted by molar-refractivity contribution is -0.124. The van der Waals surface area contributed by atoms with Crippen molar-refractivity contribution in [3.8, 4) is 0 Å². The van der Waals surface area contributed by atoms with Crippen LogP contribution in [0.5, 0.6) is 0 Å². The molecular formula is C9H17N3O4. The third-order valence-electron chi connectivity index (χ3n) is 2.39. The van der Waals surface area contributed by atoms with E-state index >= 15 is 0 Å². The molecule has 7 heteroatoms. The molecule has 1 rings (SSSR count). The van der Waals surface area contributed by atoms with Crippen LogP contribution in [-0.4, -0.2) is 67.9 Å². The number of rotatable bonds is 3. The molecule has 0 aromatic heterocycles. The molecule has 0 saturated carbocycles. The van der Waals surface area contributed by atoms with Crippen LogP contribution in [0.25, 0.3) is 0 Å². The monoisotopic (exact) mass is 231 g/mol. The predicted octanol–water partition coefficient (Wildman–Crippen LogP) is -1.86. The molecule has 1 aliphatic rings. The minimum absolute atomic E-state index is 0.0622. The maximum atomic E-state index is 11.4. The van der Waals surface area contributed by atoms with Gasteiger partial charge in [0.1, 0.15) is 0 Å². The molecule has 1 saturated heterocycles. The van der Waals surface area contributed by atoms with Gasteiger partial charge in [-0.15, -0.1) is 0 Å². The molecule has 0 radical (unpaired) electrons. The number of nitrogens with zero attached hydrogens (tertiary/aromatic N) is 1. The fraction of sp³-hybridized carbons (Fsp3) is 0.778. The molecule has 7 nitrogen and oxygen atoms in total. The first kappa shape index (κ1) is 12.9. The van der Waals surface area contributed by atoms with Crippen molar-refractivity contribution >= 4 is 11.9 Å². The topological polar surface area (TPSA) is 90.9 Å². The Kier molecular flexibility index (Phi) is 5.17. The summed E-state index contributed by atoms with van der Waals surface area (Å²) >= 11 is 0. The highest BCUT2D eigenvalue weighted by Gasteiger charge is 2.24. The van der Waals surface area contributed by atoms with Crippen LogP contribution in [0, 0.1) is 0 Å². The van der Waals surface area contributed by atoms with E-state index in [9.17, 15) is 9.59 Å². The van der Waals surface area contributed by atoms with Gasteiger partial charge < -0.3 is 15.2 Å². The second-order valence-electron chi connectivity index (χ2n) is 3.51. The van der Waals surface area contributed by atoms with Gasteiger partial charge in [0.2, 0.25) is 5.91 Å². The molecule has 1 atom stereocenters. The van der Waals surface area contributed by atoms with E-state index in [1.165, 1.54) is 7.05 Å². The van der Waals surface area contributed by atoms with E-state index in [0.717, 1.165) is 0 Å². The number of hydrogen-bond donors (Lipinski definition) is 3. The largest absolute Gasteiger partial charge is 0.395 e. The summed E-state index contributed by atoms with van der Waals surface area (Å²) in [5.41, 5.74) is 0. The smallest absolute Gasteiger partial charge is 0.321 e. The van der Waals surface area contributed by atoms with Crippen LogP contribution in [0.1, 0.15) is 0 Å². The number of amides is 3. The van der Waals surface area contributed by atoms with Crippen molar-refractivity contribution in [3.05, 3.63) is 0 Å². The molecule has 0 aromatic carbocycles. The Bertz CT molecular complexity index is 259. The normalized spacial score (nSPS) is 21.5. The first-order chi connectivity index (χ1) is 7.67. The molecule has 0 spiro atoms. The van der Waals surface area contributed by atoms with Crippen molar-refractivity contribution in [1.29, 1.82) is 0 Å². The molecule has 3 amide bonds. The van der Waals surface area contributed by atoms with Gasteiger partial charge in [0, 0.05) is 13.6 Å². The highest BCUT2D eigenvalue weighted by Crippen LogP contribution is 2.05. The molecule has 1 aliphatic heterocycles. The zero-order valence-corrected chi connectivity index (χ0v) is 9.23. The average molecular weight is 231 g/mol. The van der Waals surface area contributed by atoms with Crippen LogP contribution in [-0.2, 0) is 9.53 Å². The Hall–Kier alpha value is -1.18.